The van der Waals surface area contributed by atoms with Gasteiger partial charge < -0.3 is 5.32 Å². The quantitative estimate of drug-likeness (QED) is 0.817. The summed E-state index contributed by atoms with van der Waals surface area (Å²) in [6.07, 6.45) is 2.56. The summed E-state index contributed by atoms with van der Waals surface area (Å²) in [4.78, 5) is 2.58. The molecule has 2 aliphatic heterocycles. The lowest BCUT2D eigenvalue weighted by Crippen LogP contribution is -2.19. The van der Waals surface area contributed by atoms with Crippen LogP contribution in [0.15, 0.2) is 18.2 Å². The molecule has 1 N–H and O–H groups in total. The summed E-state index contributed by atoms with van der Waals surface area (Å²) in [5, 5.41) is 3.41. The Balaban J connectivity index is 1.71. The van der Waals surface area contributed by atoms with Crippen LogP contribution in [0.2, 0.25) is 0 Å². The maximum Gasteiger partial charge on any atom is 0.0373 e. The van der Waals surface area contributed by atoms with Gasteiger partial charge in [-0.2, -0.15) is 0 Å². The minimum Gasteiger partial charge on any atom is -0.384 e. The Morgan fingerprint density at radius 2 is 2.38 bits per heavy atom. The fraction of sp³-hybridized carbons (Fsp3) is 0.571. The van der Waals surface area contributed by atoms with E-state index in [1.54, 1.807) is 0 Å². The molecule has 3 rings (SSSR count). The third-order valence-electron chi connectivity index (χ3n) is 3.79. The first kappa shape index (κ1) is 10.2. The topological polar surface area (TPSA) is 15.3 Å². The van der Waals surface area contributed by atoms with E-state index in [1.165, 1.54) is 42.7 Å². The summed E-state index contributed by atoms with van der Waals surface area (Å²) < 4.78 is 0. The van der Waals surface area contributed by atoms with Crippen molar-refractivity contribution in [3.8, 4) is 0 Å². The third-order valence-corrected chi connectivity index (χ3v) is 3.79. The lowest BCUT2D eigenvalue weighted by atomic mass is 10.1. The third kappa shape index (κ3) is 1.94. The monoisotopic (exact) mass is 216 g/mol. The van der Waals surface area contributed by atoms with Gasteiger partial charge in [0.05, 0.1) is 0 Å². The maximum absolute atomic E-state index is 3.41. The minimum atomic E-state index is 0.885. The highest BCUT2D eigenvalue weighted by molar-refractivity contribution is 5.56. The van der Waals surface area contributed by atoms with E-state index in [-0.39, 0.29) is 0 Å². The molecule has 0 radical (unpaired) electrons. The van der Waals surface area contributed by atoms with Crippen LogP contribution in [0.5, 0.6) is 0 Å². The molecule has 1 aromatic carbocycles. The molecule has 0 bridgehead atoms. The largest absolute Gasteiger partial charge is 0.384 e. The molecule has 2 aliphatic rings. The van der Waals surface area contributed by atoms with Gasteiger partial charge in [0.1, 0.15) is 0 Å². The molecule has 86 valence electrons. The first-order valence-corrected chi connectivity index (χ1v) is 6.39. The molecular weight excluding hydrogens is 196 g/mol. The van der Waals surface area contributed by atoms with Crippen LogP contribution in [0, 0.1) is 5.92 Å². The molecule has 16 heavy (non-hydrogen) atoms. The number of nitrogens with one attached hydrogen (secondary N) is 1. The number of hydrogen-bond donors (Lipinski definition) is 1. The average molecular weight is 216 g/mol. The second-order valence-corrected chi connectivity index (χ2v) is 5.30. The zero-order valence-electron chi connectivity index (χ0n) is 10.00. The van der Waals surface area contributed by atoms with E-state index >= 15 is 0 Å². The van der Waals surface area contributed by atoms with Crippen LogP contribution in [-0.2, 0) is 13.0 Å². The fourth-order valence-corrected chi connectivity index (χ4v) is 2.88. The Labute approximate surface area is 97.6 Å². The van der Waals surface area contributed by atoms with E-state index in [2.05, 4.69) is 35.3 Å². The highest BCUT2D eigenvalue weighted by atomic mass is 15.1. The average Bonchev–Trinajstić information content (AvgIpc) is 2.87. The van der Waals surface area contributed by atoms with Crippen molar-refractivity contribution in [2.45, 2.75) is 26.3 Å². The molecule has 0 aliphatic carbocycles. The van der Waals surface area contributed by atoms with E-state index < -0.39 is 0 Å². The Morgan fingerprint density at radius 1 is 1.44 bits per heavy atom. The van der Waals surface area contributed by atoms with E-state index in [4.69, 9.17) is 0 Å². The van der Waals surface area contributed by atoms with Gasteiger partial charge in [-0.3, -0.25) is 4.90 Å². The number of nitrogens with zero attached hydrogens (tertiary/aromatic N) is 1. The van der Waals surface area contributed by atoms with E-state index in [0.717, 1.165) is 19.0 Å². The van der Waals surface area contributed by atoms with Crippen molar-refractivity contribution in [2.24, 2.45) is 5.92 Å². The molecule has 2 heteroatoms. The number of hydrogen-bond acceptors (Lipinski definition) is 2. The van der Waals surface area contributed by atoms with Gasteiger partial charge >= 0.3 is 0 Å². The Kier molecular flexibility index (Phi) is 2.60. The highest BCUT2D eigenvalue weighted by Crippen LogP contribution is 2.25. The molecule has 2 heterocycles. The molecule has 2 nitrogen and oxygen atoms in total. The predicted octanol–water partition coefficient (Wildman–Crippen LogP) is 2.50. The summed E-state index contributed by atoms with van der Waals surface area (Å²) in [7, 11) is 0. The lowest BCUT2D eigenvalue weighted by molar-refractivity contribution is 0.320. The highest BCUT2D eigenvalue weighted by Gasteiger charge is 2.19. The Bertz CT molecular complexity index is 386. The number of rotatable bonds is 2. The van der Waals surface area contributed by atoms with Gasteiger partial charge in [-0.05, 0) is 42.5 Å². The molecule has 1 atom stereocenters. The standard InChI is InChI=1S/C14H20N2/c1-11-5-7-16(9-11)10-12-2-3-14-13(8-12)4-6-15-14/h2-3,8,11,15H,4-7,9-10H2,1H3. The zero-order chi connectivity index (χ0) is 11.0. The van der Waals surface area contributed by atoms with Crippen molar-refractivity contribution in [3.63, 3.8) is 0 Å². The van der Waals surface area contributed by atoms with Crippen LogP contribution in [-0.4, -0.2) is 24.5 Å². The first-order chi connectivity index (χ1) is 7.81. The maximum atomic E-state index is 3.41. The Morgan fingerprint density at radius 3 is 3.19 bits per heavy atom. The second kappa shape index (κ2) is 4.10. The van der Waals surface area contributed by atoms with E-state index in [0.29, 0.717) is 0 Å². The van der Waals surface area contributed by atoms with E-state index in [1.807, 2.05) is 0 Å². The first-order valence-electron chi connectivity index (χ1n) is 6.39. The van der Waals surface area contributed by atoms with Crippen LogP contribution in [0.1, 0.15) is 24.5 Å². The predicted molar refractivity (Wildman–Crippen MR) is 67.7 cm³/mol. The van der Waals surface area contributed by atoms with E-state index in [9.17, 15) is 0 Å². The number of fused-ring (bicyclic) bond motifs is 1. The number of anilines is 1. The summed E-state index contributed by atoms with van der Waals surface area (Å²) >= 11 is 0. The molecule has 1 saturated heterocycles. The van der Waals surface area contributed by atoms with Crippen molar-refractivity contribution in [2.75, 3.05) is 25.0 Å². The van der Waals surface area contributed by atoms with Gasteiger partial charge in [0.2, 0.25) is 0 Å². The number of likely N-dealkylation sites (tertiary alicyclic amines) is 1. The van der Waals surface area contributed by atoms with Crippen molar-refractivity contribution < 1.29 is 0 Å². The van der Waals surface area contributed by atoms with Crippen LogP contribution in [0.25, 0.3) is 0 Å². The zero-order valence-corrected chi connectivity index (χ0v) is 10.00. The van der Waals surface area contributed by atoms with Crippen molar-refractivity contribution in [3.05, 3.63) is 29.3 Å². The molecule has 0 saturated carbocycles. The Hall–Kier alpha value is -1.02. The van der Waals surface area contributed by atoms with Gasteiger partial charge in [-0.15, -0.1) is 0 Å². The molecule has 1 aromatic rings. The van der Waals surface area contributed by atoms with Crippen molar-refractivity contribution in [1.82, 2.24) is 4.90 Å². The van der Waals surface area contributed by atoms with Crippen LogP contribution in [0.4, 0.5) is 5.69 Å². The van der Waals surface area contributed by atoms with Crippen LogP contribution < -0.4 is 5.32 Å². The fourth-order valence-electron chi connectivity index (χ4n) is 2.88. The van der Waals surface area contributed by atoms with Gasteiger partial charge in [0, 0.05) is 25.3 Å². The normalized spacial score (nSPS) is 24.4. The van der Waals surface area contributed by atoms with Crippen LogP contribution in [0.3, 0.4) is 0 Å². The van der Waals surface area contributed by atoms with Gasteiger partial charge in [-0.1, -0.05) is 19.1 Å². The second-order valence-electron chi connectivity index (χ2n) is 5.30. The SMILES string of the molecule is CC1CCN(Cc2ccc3c(c2)CCN3)C1. The smallest absolute Gasteiger partial charge is 0.0373 e. The summed E-state index contributed by atoms with van der Waals surface area (Å²) in [6, 6.07) is 6.91. The lowest BCUT2D eigenvalue weighted by Gasteiger charge is -2.15. The van der Waals surface area contributed by atoms with Crippen molar-refractivity contribution >= 4 is 5.69 Å². The molecule has 1 fully saturated rings. The van der Waals surface area contributed by atoms with Crippen molar-refractivity contribution in [1.29, 1.82) is 0 Å². The number of benzene rings is 1. The molecule has 1 unspecified atom stereocenters. The molecule has 0 spiro atoms. The molecule has 0 amide bonds. The van der Waals surface area contributed by atoms with Gasteiger partial charge in [0.25, 0.3) is 0 Å². The van der Waals surface area contributed by atoms with Crippen LogP contribution >= 0.6 is 0 Å². The van der Waals surface area contributed by atoms with Gasteiger partial charge in [-0.25, -0.2) is 0 Å². The minimum absolute atomic E-state index is 0.885. The van der Waals surface area contributed by atoms with Gasteiger partial charge in [0.15, 0.2) is 0 Å². The molecular formula is C14H20N2. The summed E-state index contributed by atoms with van der Waals surface area (Å²) in [6.45, 7) is 7.15. The summed E-state index contributed by atoms with van der Waals surface area (Å²) in [5.41, 5.74) is 4.33. The molecule has 0 aromatic heterocycles. The summed E-state index contributed by atoms with van der Waals surface area (Å²) in [5.74, 6) is 0.885.